The summed E-state index contributed by atoms with van der Waals surface area (Å²) in [6.45, 7) is 0. The summed E-state index contributed by atoms with van der Waals surface area (Å²) >= 11 is 0. The zero-order chi connectivity index (χ0) is 19.7. The summed E-state index contributed by atoms with van der Waals surface area (Å²) in [4.78, 5) is 37.2. The fourth-order valence-corrected chi connectivity index (χ4v) is 4.24. The van der Waals surface area contributed by atoms with E-state index in [1.165, 1.54) is 0 Å². The van der Waals surface area contributed by atoms with E-state index in [2.05, 4.69) is 5.32 Å². The number of primary amides is 1. The van der Waals surface area contributed by atoms with E-state index < -0.39 is 11.9 Å². The molecule has 3 aromatic carbocycles. The van der Waals surface area contributed by atoms with Gasteiger partial charge in [-0.25, -0.2) is 0 Å². The molecule has 0 heterocycles. The van der Waals surface area contributed by atoms with Crippen molar-refractivity contribution in [3.63, 3.8) is 0 Å². The van der Waals surface area contributed by atoms with Gasteiger partial charge in [0.25, 0.3) is 5.91 Å². The predicted molar refractivity (Wildman–Crippen MR) is 109 cm³/mol. The molecule has 5 nitrogen and oxygen atoms in total. The molecule has 1 aliphatic rings. The van der Waals surface area contributed by atoms with Gasteiger partial charge in [0.1, 0.15) is 11.8 Å². The van der Waals surface area contributed by atoms with Gasteiger partial charge >= 0.3 is 0 Å². The van der Waals surface area contributed by atoms with Gasteiger partial charge in [0.2, 0.25) is 5.91 Å². The van der Waals surface area contributed by atoms with Crippen LogP contribution in [0.2, 0.25) is 0 Å². The fourth-order valence-electron chi connectivity index (χ4n) is 4.24. The van der Waals surface area contributed by atoms with Gasteiger partial charge in [-0.3, -0.25) is 14.4 Å². The van der Waals surface area contributed by atoms with Gasteiger partial charge in [-0.15, -0.1) is 0 Å². The number of hydrogen-bond donors (Lipinski definition) is 2. The second-order valence-electron chi connectivity index (χ2n) is 7.44. The third-order valence-electron chi connectivity index (χ3n) is 5.58. The van der Waals surface area contributed by atoms with Crippen molar-refractivity contribution in [3.05, 3.63) is 60.2 Å². The lowest BCUT2D eigenvalue weighted by atomic mass is 9.82. The predicted octanol–water partition coefficient (Wildman–Crippen LogP) is 3.34. The van der Waals surface area contributed by atoms with Crippen molar-refractivity contribution in [1.29, 1.82) is 0 Å². The van der Waals surface area contributed by atoms with Gasteiger partial charge in [-0.05, 0) is 46.4 Å². The van der Waals surface area contributed by atoms with E-state index in [4.69, 9.17) is 5.73 Å². The van der Waals surface area contributed by atoms with Crippen LogP contribution in [0.5, 0.6) is 0 Å². The highest BCUT2D eigenvalue weighted by Crippen LogP contribution is 2.29. The molecule has 2 amide bonds. The summed E-state index contributed by atoms with van der Waals surface area (Å²) in [5.74, 6) is -1.07. The lowest BCUT2D eigenvalue weighted by molar-refractivity contribution is -0.124. The maximum absolute atomic E-state index is 13.3. The second kappa shape index (κ2) is 7.43. The third-order valence-corrected chi connectivity index (χ3v) is 5.58. The van der Waals surface area contributed by atoms with Crippen LogP contribution in [0.4, 0.5) is 0 Å². The molecular formula is C23H22N2O3. The highest BCUT2D eigenvalue weighted by molar-refractivity contribution is 6.18. The van der Waals surface area contributed by atoms with Crippen molar-refractivity contribution in [2.75, 3.05) is 0 Å². The quantitative estimate of drug-likeness (QED) is 0.687. The van der Waals surface area contributed by atoms with Gasteiger partial charge in [0.05, 0.1) is 5.56 Å². The average molecular weight is 374 g/mol. The number of carbonyl (C=O) groups excluding carboxylic acids is 3. The average Bonchev–Trinajstić information content (AvgIpc) is 2.69. The molecule has 1 saturated carbocycles. The Hall–Kier alpha value is -3.21. The minimum Gasteiger partial charge on any atom is -0.368 e. The lowest BCUT2D eigenvalue weighted by Crippen LogP contribution is -2.50. The number of amides is 2. The van der Waals surface area contributed by atoms with E-state index in [1.54, 1.807) is 0 Å². The Kier molecular flexibility index (Phi) is 4.82. The maximum atomic E-state index is 13.3. The van der Waals surface area contributed by atoms with Crippen LogP contribution in [0.15, 0.2) is 54.6 Å². The number of ketones is 1. The van der Waals surface area contributed by atoms with Crippen LogP contribution in [0, 0.1) is 5.92 Å². The van der Waals surface area contributed by atoms with Crippen molar-refractivity contribution in [2.45, 2.75) is 31.7 Å². The van der Waals surface area contributed by atoms with Crippen molar-refractivity contribution >= 4 is 39.1 Å². The Balaban J connectivity index is 1.76. The molecule has 5 heteroatoms. The summed E-state index contributed by atoms with van der Waals surface area (Å²) in [5.41, 5.74) is 6.13. The topological polar surface area (TPSA) is 89.3 Å². The van der Waals surface area contributed by atoms with E-state index >= 15 is 0 Å². The number of rotatable bonds is 4. The molecule has 0 saturated heterocycles. The van der Waals surface area contributed by atoms with E-state index in [1.807, 2.05) is 54.6 Å². The fraction of sp³-hybridized carbons (Fsp3) is 0.261. The van der Waals surface area contributed by atoms with Crippen LogP contribution >= 0.6 is 0 Å². The first-order valence-electron chi connectivity index (χ1n) is 9.57. The SMILES string of the molecule is NC(=O)[C@H](NC(=O)c1c2ccccc2cc2ccccc12)[C@H]1CCCC(=O)C1. The highest BCUT2D eigenvalue weighted by Gasteiger charge is 2.32. The molecule has 0 aromatic heterocycles. The smallest absolute Gasteiger partial charge is 0.253 e. The number of benzene rings is 3. The Morgan fingerprint density at radius 2 is 1.61 bits per heavy atom. The Morgan fingerprint density at radius 1 is 1.00 bits per heavy atom. The highest BCUT2D eigenvalue weighted by atomic mass is 16.2. The second-order valence-corrected chi connectivity index (χ2v) is 7.44. The van der Waals surface area contributed by atoms with Crippen molar-refractivity contribution in [2.24, 2.45) is 11.7 Å². The molecule has 4 rings (SSSR count). The molecule has 0 aliphatic heterocycles. The standard InChI is InChI=1S/C23H22N2O3/c24-22(27)21(16-8-5-9-17(26)13-16)25-23(28)20-18-10-3-1-6-14(18)12-15-7-2-4-11-19(15)20/h1-4,6-7,10-12,16,21H,5,8-9,13H2,(H2,24,27)(H,25,28)/t16-,21+/m0/s1. The first-order chi connectivity index (χ1) is 13.5. The number of carbonyl (C=O) groups is 3. The minimum absolute atomic E-state index is 0.118. The molecular weight excluding hydrogens is 352 g/mol. The Morgan fingerprint density at radius 3 is 2.18 bits per heavy atom. The summed E-state index contributed by atoms with van der Waals surface area (Å²) in [7, 11) is 0. The van der Waals surface area contributed by atoms with E-state index in [9.17, 15) is 14.4 Å². The summed E-state index contributed by atoms with van der Waals surface area (Å²) in [6, 6.07) is 16.6. The lowest BCUT2D eigenvalue weighted by Gasteiger charge is -2.28. The van der Waals surface area contributed by atoms with Crippen LogP contribution in [0.1, 0.15) is 36.0 Å². The summed E-state index contributed by atoms with van der Waals surface area (Å²) in [6.07, 6.45) is 2.24. The summed E-state index contributed by atoms with van der Waals surface area (Å²) in [5, 5.41) is 6.39. The molecule has 0 radical (unpaired) electrons. The van der Waals surface area contributed by atoms with E-state index in [-0.39, 0.29) is 24.0 Å². The van der Waals surface area contributed by atoms with E-state index in [0.717, 1.165) is 28.0 Å². The van der Waals surface area contributed by atoms with Crippen molar-refractivity contribution in [1.82, 2.24) is 5.32 Å². The van der Waals surface area contributed by atoms with Crippen LogP contribution in [-0.4, -0.2) is 23.6 Å². The zero-order valence-corrected chi connectivity index (χ0v) is 15.5. The normalized spacial score (nSPS) is 18.1. The number of hydrogen-bond acceptors (Lipinski definition) is 3. The first-order valence-corrected chi connectivity index (χ1v) is 9.57. The van der Waals surface area contributed by atoms with Crippen molar-refractivity contribution in [3.8, 4) is 0 Å². The number of fused-ring (bicyclic) bond motifs is 2. The van der Waals surface area contributed by atoms with Crippen LogP contribution < -0.4 is 11.1 Å². The third kappa shape index (κ3) is 3.36. The monoisotopic (exact) mass is 374 g/mol. The number of nitrogens with one attached hydrogen (secondary N) is 1. The Bertz CT molecular complexity index is 1040. The number of Topliss-reactive ketones (excluding diaryl/α,β-unsaturated/α-hetero) is 1. The first kappa shape index (κ1) is 18.2. The van der Waals surface area contributed by atoms with Gasteiger partial charge in [0.15, 0.2) is 0 Å². The van der Waals surface area contributed by atoms with Gasteiger partial charge < -0.3 is 11.1 Å². The van der Waals surface area contributed by atoms with Gasteiger partial charge in [0, 0.05) is 12.8 Å². The molecule has 3 aromatic rings. The largest absolute Gasteiger partial charge is 0.368 e. The maximum Gasteiger partial charge on any atom is 0.253 e. The van der Waals surface area contributed by atoms with Crippen molar-refractivity contribution < 1.29 is 14.4 Å². The summed E-state index contributed by atoms with van der Waals surface area (Å²) < 4.78 is 0. The molecule has 0 bridgehead atoms. The molecule has 3 N–H and O–H groups in total. The van der Waals surface area contributed by atoms with E-state index in [0.29, 0.717) is 18.4 Å². The minimum atomic E-state index is -0.852. The molecule has 142 valence electrons. The molecule has 1 fully saturated rings. The Labute approximate surface area is 162 Å². The number of nitrogens with two attached hydrogens (primary N) is 1. The molecule has 0 unspecified atom stereocenters. The zero-order valence-electron chi connectivity index (χ0n) is 15.5. The molecule has 1 aliphatic carbocycles. The molecule has 0 spiro atoms. The van der Waals surface area contributed by atoms with Crippen LogP contribution in [0.3, 0.4) is 0 Å². The van der Waals surface area contributed by atoms with Gasteiger partial charge in [-0.1, -0.05) is 48.5 Å². The van der Waals surface area contributed by atoms with Crippen LogP contribution in [-0.2, 0) is 9.59 Å². The molecule has 28 heavy (non-hydrogen) atoms. The van der Waals surface area contributed by atoms with Gasteiger partial charge in [-0.2, -0.15) is 0 Å². The van der Waals surface area contributed by atoms with Crippen LogP contribution in [0.25, 0.3) is 21.5 Å². The molecule has 2 atom stereocenters.